The minimum Gasteiger partial charge on any atom is -0.454 e. The highest BCUT2D eigenvalue weighted by Gasteiger charge is 2.14. The van der Waals surface area contributed by atoms with Gasteiger partial charge in [0, 0.05) is 18.2 Å². The van der Waals surface area contributed by atoms with E-state index in [1.165, 1.54) is 0 Å². The fourth-order valence-corrected chi connectivity index (χ4v) is 1.95. The maximum absolute atomic E-state index is 10.9. The van der Waals surface area contributed by atoms with Crippen LogP contribution in [-0.2, 0) is 6.42 Å². The molecule has 2 heterocycles. The lowest BCUT2D eigenvalue weighted by molar-refractivity contribution is 0.112. The van der Waals surface area contributed by atoms with Crippen molar-refractivity contribution in [1.29, 1.82) is 0 Å². The van der Waals surface area contributed by atoms with Crippen LogP contribution in [0.5, 0.6) is 11.5 Å². The number of nitrogens with zero attached hydrogens (tertiary/aromatic N) is 1. The number of hydrogen-bond acceptors (Lipinski definition) is 4. The molecular weight excluding hydrogens is 230 g/mol. The quantitative estimate of drug-likeness (QED) is 0.773. The predicted molar refractivity (Wildman–Crippen MR) is 65.0 cm³/mol. The van der Waals surface area contributed by atoms with Gasteiger partial charge in [-0.3, -0.25) is 9.78 Å². The van der Waals surface area contributed by atoms with Crippen molar-refractivity contribution in [2.75, 3.05) is 6.79 Å². The molecule has 18 heavy (non-hydrogen) atoms. The molecule has 4 nitrogen and oxygen atoms in total. The molecule has 1 aliphatic heterocycles. The summed E-state index contributed by atoms with van der Waals surface area (Å²) < 4.78 is 10.6. The van der Waals surface area contributed by atoms with Crippen molar-refractivity contribution in [2.24, 2.45) is 0 Å². The summed E-state index contributed by atoms with van der Waals surface area (Å²) in [5, 5.41) is 0. The van der Waals surface area contributed by atoms with Crippen molar-refractivity contribution >= 4 is 6.29 Å². The molecule has 0 fully saturated rings. The van der Waals surface area contributed by atoms with Crippen molar-refractivity contribution in [3.63, 3.8) is 0 Å². The van der Waals surface area contributed by atoms with Crippen molar-refractivity contribution < 1.29 is 14.3 Å². The second-order valence-electron chi connectivity index (χ2n) is 4.02. The van der Waals surface area contributed by atoms with Crippen LogP contribution in [0.3, 0.4) is 0 Å². The lowest BCUT2D eigenvalue weighted by Gasteiger charge is -2.04. The molecular formula is C14H11NO3. The van der Waals surface area contributed by atoms with E-state index in [1.807, 2.05) is 18.2 Å². The average molecular weight is 241 g/mol. The van der Waals surface area contributed by atoms with Crippen molar-refractivity contribution in [3.8, 4) is 11.5 Å². The SMILES string of the molecule is O=Cc1cccnc1Cc1ccc2c(c1)OCO2. The highest BCUT2D eigenvalue weighted by molar-refractivity contribution is 5.76. The summed E-state index contributed by atoms with van der Waals surface area (Å²) in [4.78, 5) is 15.2. The third kappa shape index (κ3) is 1.93. The van der Waals surface area contributed by atoms with Gasteiger partial charge in [-0.05, 0) is 29.8 Å². The smallest absolute Gasteiger partial charge is 0.231 e. The van der Waals surface area contributed by atoms with Crippen LogP contribution in [0, 0.1) is 0 Å². The summed E-state index contributed by atoms with van der Waals surface area (Å²) in [5.41, 5.74) is 2.43. The highest BCUT2D eigenvalue weighted by atomic mass is 16.7. The maximum atomic E-state index is 10.9. The molecule has 0 aliphatic carbocycles. The zero-order valence-electron chi connectivity index (χ0n) is 9.63. The van der Waals surface area contributed by atoms with Crippen LogP contribution in [0.25, 0.3) is 0 Å². The zero-order chi connectivity index (χ0) is 12.4. The first-order valence-corrected chi connectivity index (χ1v) is 5.64. The summed E-state index contributed by atoms with van der Waals surface area (Å²) >= 11 is 0. The number of fused-ring (bicyclic) bond motifs is 1. The van der Waals surface area contributed by atoms with Gasteiger partial charge in [-0.1, -0.05) is 6.07 Å². The normalized spacial score (nSPS) is 12.4. The van der Waals surface area contributed by atoms with E-state index in [1.54, 1.807) is 18.3 Å². The van der Waals surface area contributed by atoms with E-state index in [-0.39, 0.29) is 6.79 Å². The molecule has 1 aliphatic rings. The molecule has 0 saturated heterocycles. The topological polar surface area (TPSA) is 48.4 Å². The van der Waals surface area contributed by atoms with Gasteiger partial charge in [-0.2, -0.15) is 0 Å². The molecule has 1 aromatic heterocycles. The molecule has 0 spiro atoms. The molecule has 0 saturated carbocycles. The van der Waals surface area contributed by atoms with Gasteiger partial charge >= 0.3 is 0 Å². The Balaban J connectivity index is 1.90. The van der Waals surface area contributed by atoms with Gasteiger partial charge in [0.05, 0.1) is 5.69 Å². The van der Waals surface area contributed by atoms with E-state index in [2.05, 4.69) is 4.98 Å². The fraction of sp³-hybridized carbons (Fsp3) is 0.143. The molecule has 0 radical (unpaired) electrons. The van der Waals surface area contributed by atoms with Crippen LogP contribution in [0.2, 0.25) is 0 Å². The van der Waals surface area contributed by atoms with Crippen LogP contribution < -0.4 is 9.47 Å². The Kier molecular flexibility index (Phi) is 2.68. The van der Waals surface area contributed by atoms with E-state index in [0.29, 0.717) is 12.0 Å². The molecule has 2 aromatic rings. The third-order valence-corrected chi connectivity index (χ3v) is 2.86. The highest BCUT2D eigenvalue weighted by Crippen LogP contribution is 2.33. The number of carbonyl (C=O) groups is 1. The number of hydrogen-bond donors (Lipinski definition) is 0. The van der Waals surface area contributed by atoms with Crippen molar-refractivity contribution in [3.05, 3.63) is 53.3 Å². The maximum Gasteiger partial charge on any atom is 0.231 e. The molecule has 0 amide bonds. The van der Waals surface area contributed by atoms with E-state index in [4.69, 9.17) is 9.47 Å². The summed E-state index contributed by atoms with van der Waals surface area (Å²) in [6, 6.07) is 9.28. The Hall–Kier alpha value is -2.36. The number of benzene rings is 1. The molecule has 90 valence electrons. The molecule has 0 unspecified atom stereocenters. The van der Waals surface area contributed by atoms with E-state index >= 15 is 0 Å². The largest absolute Gasteiger partial charge is 0.454 e. The van der Waals surface area contributed by atoms with Gasteiger partial charge in [-0.15, -0.1) is 0 Å². The van der Waals surface area contributed by atoms with Gasteiger partial charge in [0.25, 0.3) is 0 Å². The molecule has 1 aromatic carbocycles. The van der Waals surface area contributed by atoms with Crippen LogP contribution in [0.1, 0.15) is 21.6 Å². The summed E-state index contributed by atoms with van der Waals surface area (Å²) in [5.74, 6) is 1.51. The van der Waals surface area contributed by atoms with Crippen LogP contribution >= 0.6 is 0 Å². The summed E-state index contributed by atoms with van der Waals surface area (Å²) in [6.45, 7) is 0.266. The zero-order valence-corrected chi connectivity index (χ0v) is 9.63. The lowest BCUT2D eigenvalue weighted by atomic mass is 10.1. The van der Waals surface area contributed by atoms with E-state index in [0.717, 1.165) is 29.0 Å². The molecule has 0 bridgehead atoms. The number of rotatable bonds is 3. The lowest BCUT2D eigenvalue weighted by Crippen LogP contribution is -1.97. The fourth-order valence-electron chi connectivity index (χ4n) is 1.95. The number of aldehydes is 1. The van der Waals surface area contributed by atoms with Gasteiger partial charge in [0.2, 0.25) is 6.79 Å². The second kappa shape index (κ2) is 4.49. The first kappa shape index (κ1) is 10.8. The Bertz CT molecular complexity index is 595. The van der Waals surface area contributed by atoms with Crippen LogP contribution in [0.15, 0.2) is 36.5 Å². The van der Waals surface area contributed by atoms with Crippen molar-refractivity contribution in [2.45, 2.75) is 6.42 Å². The van der Waals surface area contributed by atoms with E-state index < -0.39 is 0 Å². The first-order chi connectivity index (χ1) is 8.86. The minimum atomic E-state index is 0.266. The number of aromatic nitrogens is 1. The van der Waals surface area contributed by atoms with Gasteiger partial charge in [-0.25, -0.2) is 0 Å². The van der Waals surface area contributed by atoms with E-state index in [9.17, 15) is 4.79 Å². The van der Waals surface area contributed by atoms with Gasteiger partial charge < -0.3 is 9.47 Å². The molecule has 0 N–H and O–H groups in total. The predicted octanol–water partition coefficient (Wildman–Crippen LogP) is 2.21. The van der Waals surface area contributed by atoms with Gasteiger partial charge in [0.1, 0.15) is 0 Å². The molecule has 0 atom stereocenters. The number of ether oxygens (including phenoxy) is 2. The third-order valence-electron chi connectivity index (χ3n) is 2.86. The monoisotopic (exact) mass is 241 g/mol. The Morgan fingerprint density at radius 2 is 2.11 bits per heavy atom. The van der Waals surface area contributed by atoms with Gasteiger partial charge in [0.15, 0.2) is 17.8 Å². The first-order valence-electron chi connectivity index (χ1n) is 5.64. The Morgan fingerprint density at radius 1 is 1.22 bits per heavy atom. The van der Waals surface area contributed by atoms with Crippen molar-refractivity contribution in [1.82, 2.24) is 4.98 Å². The minimum absolute atomic E-state index is 0.266. The van der Waals surface area contributed by atoms with Crippen LogP contribution in [-0.4, -0.2) is 18.1 Å². The summed E-state index contributed by atoms with van der Waals surface area (Å²) in [6.07, 6.45) is 3.12. The number of pyridine rings is 1. The molecule has 4 heteroatoms. The Labute approximate surface area is 104 Å². The standard InChI is InChI=1S/C14H11NO3/c16-8-11-2-1-5-15-12(11)6-10-3-4-13-14(7-10)18-9-17-13/h1-5,7-8H,6,9H2. The number of carbonyl (C=O) groups excluding carboxylic acids is 1. The summed E-state index contributed by atoms with van der Waals surface area (Å²) in [7, 11) is 0. The van der Waals surface area contributed by atoms with Crippen LogP contribution in [0.4, 0.5) is 0 Å². The average Bonchev–Trinajstić information content (AvgIpc) is 2.87. The Morgan fingerprint density at radius 3 is 3.00 bits per heavy atom. The second-order valence-corrected chi connectivity index (χ2v) is 4.02. The molecule has 3 rings (SSSR count).